The van der Waals surface area contributed by atoms with Crippen molar-refractivity contribution in [2.75, 3.05) is 19.6 Å². The molecule has 2 rings (SSSR count). The van der Waals surface area contributed by atoms with E-state index in [-0.39, 0.29) is 23.0 Å². The number of H-pyrrole nitrogens is 1. The highest BCUT2D eigenvalue weighted by Crippen LogP contribution is 2.21. The molecule has 1 aromatic rings. The minimum atomic E-state index is -0.459. The molecule has 1 amide bonds. The van der Waals surface area contributed by atoms with Crippen molar-refractivity contribution in [3.63, 3.8) is 0 Å². The molecule has 104 valence electrons. The smallest absolute Gasteiger partial charge is 0.259 e. The van der Waals surface area contributed by atoms with Crippen LogP contribution >= 0.6 is 0 Å². The number of amides is 1. The maximum atomic E-state index is 12.4. The van der Waals surface area contributed by atoms with E-state index in [1.54, 1.807) is 4.90 Å². The van der Waals surface area contributed by atoms with Gasteiger partial charge in [0, 0.05) is 38.1 Å². The van der Waals surface area contributed by atoms with Crippen LogP contribution in [0.2, 0.25) is 0 Å². The van der Waals surface area contributed by atoms with Crippen LogP contribution in [-0.2, 0) is 4.74 Å². The molecule has 2 heterocycles. The third-order valence-electron chi connectivity index (χ3n) is 3.09. The van der Waals surface area contributed by atoms with Crippen LogP contribution in [0.1, 0.15) is 24.2 Å². The molecule has 0 saturated carbocycles. The minimum absolute atomic E-state index is 0.149. The summed E-state index contributed by atoms with van der Waals surface area (Å²) in [5.41, 5.74) is 5.03. The Morgan fingerprint density at radius 3 is 3.00 bits per heavy atom. The number of aromatic amines is 1. The van der Waals surface area contributed by atoms with Crippen molar-refractivity contribution < 1.29 is 9.53 Å². The van der Waals surface area contributed by atoms with E-state index in [2.05, 4.69) is 4.98 Å². The normalized spacial score (nSPS) is 22.3. The lowest BCUT2D eigenvalue weighted by Crippen LogP contribution is -2.56. The number of aromatic nitrogens is 1. The van der Waals surface area contributed by atoms with Crippen molar-refractivity contribution in [1.29, 1.82) is 0 Å². The number of rotatable bonds is 2. The number of carbonyl (C=O) groups excluding carboxylic acids is 1. The molecule has 1 unspecified atom stereocenters. The summed E-state index contributed by atoms with van der Waals surface area (Å²) in [6.45, 7) is 5.01. The van der Waals surface area contributed by atoms with Gasteiger partial charge in [0.15, 0.2) is 5.43 Å². The second-order valence-corrected chi connectivity index (χ2v) is 5.34. The van der Waals surface area contributed by atoms with Crippen molar-refractivity contribution in [2.24, 2.45) is 5.73 Å². The molecule has 1 atom stereocenters. The number of hydrogen-bond acceptors (Lipinski definition) is 4. The molecule has 0 radical (unpaired) electrons. The fraction of sp³-hybridized carbons (Fsp3) is 0.538. The summed E-state index contributed by atoms with van der Waals surface area (Å²) < 4.78 is 5.76. The molecule has 0 bridgehead atoms. The highest BCUT2D eigenvalue weighted by Gasteiger charge is 2.35. The van der Waals surface area contributed by atoms with Gasteiger partial charge in [-0.15, -0.1) is 0 Å². The Balaban J connectivity index is 2.24. The number of ether oxygens (including phenoxy) is 1. The molecule has 1 aliphatic heterocycles. The quantitative estimate of drug-likeness (QED) is 0.785. The van der Waals surface area contributed by atoms with E-state index in [9.17, 15) is 9.59 Å². The van der Waals surface area contributed by atoms with E-state index >= 15 is 0 Å². The summed E-state index contributed by atoms with van der Waals surface area (Å²) in [6.07, 6.45) is 2.74. The lowest BCUT2D eigenvalue weighted by atomic mass is 10.0. The first-order valence-corrected chi connectivity index (χ1v) is 6.27. The predicted octanol–water partition coefficient (Wildman–Crippen LogP) is -0.0468. The zero-order valence-electron chi connectivity index (χ0n) is 11.2. The van der Waals surface area contributed by atoms with Gasteiger partial charge in [-0.2, -0.15) is 0 Å². The zero-order chi connectivity index (χ0) is 14.0. The molecule has 1 saturated heterocycles. The van der Waals surface area contributed by atoms with Gasteiger partial charge in [0.1, 0.15) is 5.56 Å². The first-order chi connectivity index (χ1) is 8.93. The van der Waals surface area contributed by atoms with Gasteiger partial charge < -0.3 is 20.4 Å². The largest absolute Gasteiger partial charge is 0.367 e. The summed E-state index contributed by atoms with van der Waals surface area (Å²) in [6, 6.07) is 1.35. The Morgan fingerprint density at radius 1 is 1.63 bits per heavy atom. The zero-order valence-corrected chi connectivity index (χ0v) is 11.2. The highest BCUT2D eigenvalue weighted by molar-refractivity contribution is 5.93. The molecule has 1 aromatic heterocycles. The van der Waals surface area contributed by atoms with Crippen molar-refractivity contribution in [2.45, 2.75) is 25.6 Å². The van der Waals surface area contributed by atoms with E-state index < -0.39 is 5.60 Å². The second kappa shape index (κ2) is 5.14. The lowest BCUT2D eigenvalue weighted by Gasteiger charge is -2.42. The van der Waals surface area contributed by atoms with Crippen LogP contribution in [0.15, 0.2) is 23.3 Å². The van der Waals surface area contributed by atoms with Gasteiger partial charge in [0.2, 0.25) is 0 Å². The van der Waals surface area contributed by atoms with E-state index in [0.717, 1.165) is 0 Å². The predicted molar refractivity (Wildman–Crippen MR) is 71.0 cm³/mol. The van der Waals surface area contributed by atoms with E-state index in [0.29, 0.717) is 19.6 Å². The molecule has 3 N–H and O–H groups in total. The molecule has 6 heteroatoms. The molecule has 0 aromatic carbocycles. The Morgan fingerprint density at radius 2 is 2.37 bits per heavy atom. The Kier molecular flexibility index (Phi) is 3.73. The van der Waals surface area contributed by atoms with Crippen molar-refractivity contribution >= 4 is 5.91 Å². The molecular weight excluding hydrogens is 246 g/mol. The molecule has 6 nitrogen and oxygen atoms in total. The Bertz CT molecular complexity index is 524. The van der Waals surface area contributed by atoms with Crippen LogP contribution in [0.5, 0.6) is 0 Å². The summed E-state index contributed by atoms with van der Waals surface area (Å²) in [5.74, 6) is -0.281. The lowest BCUT2D eigenvalue weighted by molar-refractivity contribution is -0.122. The van der Waals surface area contributed by atoms with Crippen molar-refractivity contribution in [3.05, 3.63) is 34.2 Å². The SMILES string of the molecule is CC1(C)CN(C(=O)c2c[nH]ccc2=O)CC(CN)O1. The van der Waals surface area contributed by atoms with Crippen LogP contribution in [0, 0.1) is 0 Å². The minimum Gasteiger partial charge on any atom is -0.367 e. The van der Waals surface area contributed by atoms with Gasteiger partial charge in [0.25, 0.3) is 5.91 Å². The molecule has 19 heavy (non-hydrogen) atoms. The number of carbonyl (C=O) groups is 1. The monoisotopic (exact) mass is 265 g/mol. The van der Waals surface area contributed by atoms with Crippen LogP contribution in [0.3, 0.4) is 0 Å². The number of pyridine rings is 1. The van der Waals surface area contributed by atoms with Crippen LogP contribution < -0.4 is 11.2 Å². The Labute approximate surface area is 111 Å². The van der Waals surface area contributed by atoms with Gasteiger partial charge in [-0.25, -0.2) is 0 Å². The summed E-state index contributed by atoms with van der Waals surface area (Å²) in [4.78, 5) is 28.5. The number of nitrogens with one attached hydrogen (secondary N) is 1. The number of hydrogen-bond donors (Lipinski definition) is 2. The van der Waals surface area contributed by atoms with Gasteiger partial charge in [0.05, 0.1) is 11.7 Å². The maximum Gasteiger partial charge on any atom is 0.259 e. The average Bonchev–Trinajstić information content (AvgIpc) is 2.36. The average molecular weight is 265 g/mol. The second-order valence-electron chi connectivity index (χ2n) is 5.34. The Hall–Kier alpha value is -1.66. The van der Waals surface area contributed by atoms with E-state index in [4.69, 9.17) is 10.5 Å². The fourth-order valence-corrected chi connectivity index (χ4v) is 2.33. The summed E-state index contributed by atoms with van der Waals surface area (Å²) >= 11 is 0. The standard InChI is InChI=1S/C13H19N3O3/c1-13(2)8-16(7-9(5-14)19-13)12(18)10-6-15-4-3-11(10)17/h3-4,6,9H,5,7-8,14H2,1-2H3,(H,15,17). The van der Waals surface area contributed by atoms with Crippen LogP contribution in [-0.4, -0.2) is 47.1 Å². The van der Waals surface area contributed by atoms with Crippen LogP contribution in [0.25, 0.3) is 0 Å². The summed E-state index contributed by atoms with van der Waals surface area (Å²) in [5, 5.41) is 0. The van der Waals surface area contributed by atoms with Crippen molar-refractivity contribution in [3.8, 4) is 0 Å². The molecule has 0 aliphatic carbocycles. The van der Waals surface area contributed by atoms with Gasteiger partial charge >= 0.3 is 0 Å². The van der Waals surface area contributed by atoms with Gasteiger partial charge in [-0.3, -0.25) is 9.59 Å². The first-order valence-electron chi connectivity index (χ1n) is 6.27. The fourth-order valence-electron chi connectivity index (χ4n) is 2.33. The number of morpholine rings is 1. The third kappa shape index (κ3) is 3.02. The third-order valence-corrected chi connectivity index (χ3v) is 3.09. The number of nitrogens with zero attached hydrogens (tertiary/aromatic N) is 1. The topological polar surface area (TPSA) is 88.4 Å². The van der Waals surface area contributed by atoms with Gasteiger partial charge in [-0.1, -0.05) is 0 Å². The van der Waals surface area contributed by atoms with E-state index in [1.807, 2.05) is 13.8 Å². The molecule has 1 aliphatic rings. The van der Waals surface area contributed by atoms with Gasteiger partial charge in [-0.05, 0) is 13.8 Å². The molecule has 1 fully saturated rings. The molecular formula is C13H19N3O3. The maximum absolute atomic E-state index is 12.4. The molecule has 0 spiro atoms. The first kappa shape index (κ1) is 13.8. The number of nitrogens with two attached hydrogens (primary N) is 1. The van der Waals surface area contributed by atoms with Crippen molar-refractivity contribution in [1.82, 2.24) is 9.88 Å². The van der Waals surface area contributed by atoms with Crippen LogP contribution in [0.4, 0.5) is 0 Å². The van der Waals surface area contributed by atoms with E-state index in [1.165, 1.54) is 18.5 Å². The highest BCUT2D eigenvalue weighted by atomic mass is 16.5. The summed E-state index contributed by atoms with van der Waals surface area (Å²) in [7, 11) is 0.